The van der Waals surface area contributed by atoms with Crippen molar-refractivity contribution in [1.82, 2.24) is 9.97 Å². The van der Waals surface area contributed by atoms with Gasteiger partial charge in [0.1, 0.15) is 6.15 Å². The zero-order valence-electron chi connectivity index (χ0n) is 36.4. The molecule has 2 nitrogen and oxygen atoms in total. The number of benzene rings is 4. The van der Waals surface area contributed by atoms with Gasteiger partial charge >= 0.3 is 26.2 Å². The van der Waals surface area contributed by atoms with Crippen LogP contribution in [0.3, 0.4) is 0 Å². The van der Waals surface area contributed by atoms with Crippen LogP contribution in [0.25, 0.3) is 11.1 Å². The first-order valence-corrected chi connectivity index (χ1v) is 27.2. The minimum absolute atomic E-state index is 0. The van der Waals surface area contributed by atoms with Crippen molar-refractivity contribution in [3.63, 3.8) is 0 Å². The van der Waals surface area contributed by atoms with Crippen molar-refractivity contribution in [3.05, 3.63) is 220 Å². The van der Waals surface area contributed by atoms with Crippen molar-refractivity contribution in [2.24, 2.45) is 0 Å². The zero-order chi connectivity index (χ0) is 41.3. The van der Waals surface area contributed by atoms with Crippen molar-refractivity contribution in [1.29, 1.82) is 0 Å². The van der Waals surface area contributed by atoms with E-state index in [0.29, 0.717) is 0 Å². The molecule has 0 saturated heterocycles. The molecule has 4 aromatic carbocycles. The van der Waals surface area contributed by atoms with Crippen LogP contribution in [0, 0.1) is 83.8 Å². The fourth-order valence-corrected chi connectivity index (χ4v) is 10.1. The van der Waals surface area contributed by atoms with E-state index >= 15 is 0 Å². The molecule has 1 aromatic heterocycles. The average Bonchev–Trinajstić information content (AvgIpc) is 3.98. The molecule has 2 saturated carbocycles. The van der Waals surface area contributed by atoms with E-state index in [9.17, 15) is 0 Å². The smallest absolute Gasteiger partial charge is 0.344 e. The molecule has 2 aliphatic rings. The molecular weight excluding hydrogens is 811 g/mol. The number of rotatable bonds is 8. The van der Waals surface area contributed by atoms with E-state index < -0.39 is 22.3 Å². The Morgan fingerprint density at radius 3 is 1.02 bits per heavy atom. The zero-order valence-corrected chi connectivity index (χ0v) is 40.8. The minimum atomic E-state index is -1.37. The van der Waals surface area contributed by atoms with E-state index in [0.717, 1.165) is 28.3 Å². The maximum absolute atomic E-state index is 4.85. The van der Waals surface area contributed by atoms with Crippen molar-refractivity contribution >= 4 is 55.3 Å². The number of aromatic nitrogens is 2. The third-order valence-electron chi connectivity index (χ3n) is 9.49. The van der Waals surface area contributed by atoms with Crippen molar-refractivity contribution < 1.29 is 26.2 Å². The van der Waals surface area contributed by atoms with Gasteiger partial charge in [0.2, 0.25) is 0 Å². The third kappa shape index (κ3) is 15.1. The van der Waals surface area contributed by atoms with Gasteiger partial charge in [-0.25, -0.2) is 5.57 Å². The fourth-order valence-electron chi connectivity index (χ4n) is 7.43. The van der Waals surface area contributed by atoms with Crippen LogP contribution in [0.5, 0.6) is 0 Å². The summed E-state index contributed by atoms with van der Waals surface area (Å²) < 4.78 is 0. The van der Waals surface area contributed by atoms with Gasteiger partial charge in [-0.15, -0.1) is 0 Å². The Hall–Kier alpha value is -3.18. The average molecular weight is 872 g/mol. The molecule has 5 aromatic rings. The normalized spacial score (nSPS) is 14.4. The minimum Gasteiger partial charge on any atom is -0.344 e. The molecule has 0 aliphatic heterocycles. The summed E-state index contributed by atoms with van der Waals surface area (Å²) in [5.74, 6) is 0. The topological polar surface area (TPSA) is 25.8 Å². The first kappa shape index (κ1) is 49.2. The van der Waals surface area contributed by atoms with Crippen molar-refractivity contribution in [2.45, 2.75) is 67.0 Å². The van der Waals surface area contributed by atoms with Gasteiger partial charge in [0, 0.05) is 5.69 Å². The summed E-state index contributed by atoms with van der Waals surface area (Å²) in [7, 11) is -2.62. The molecule has 0 amide bonds. The summed E-state index contributed by atoms with van der Waals surface area (Å²) >= 11 is 0. The molecule has 2 fully saturated rings. The van der Waals surface area contributed by atoms with Gasteiger partial charge in [-0.2, -0.15) is 21.9 Å². The number of aryl methyl sites for hydroxylation is 2. The SMILES string of the molecule is CC(=[C-][Si](C)(C)C)c1nc(C)c(/C(C)=C/[Si](C)(C)C)nc1C.[CH]1[CH][CH][CH][CH]1.[CH]1[CH][CH][CH][CH]1.[Zr+2].c1ccc([B-](c2ccccc2)(c2ccccc2)c2ccccc2)cc1. The molecule has 2 aliphatic carbocycles. The molecule has 58 heavy (non-hydrogen) atoms. The summed E-state index contributed by atoms with van der Waals surface area (Å²) in [6.07, 6.45) is 18.8. The summed E-state index contributed by atoms with van der Waals surface area (Å²) in [5.41, 5.74) is 17.9. The summed E-state index contributed by atoms with van der Waals surface area (Å²) in [6.45, 7) is 22.3. The summed E-state index contributed by atoms with van der Waals surface area (Å²) in [6, 6.07) is 43.5. The number of nitrogens with zero attached hydrogens (tertiary/aromatic N) is 2. The van der Waals surface area contributed by atoms with Gasteiger partial charge < -0.3 is 4.98 Å². The Labute approximate surface area is 375 Å². The van der Waals surface area contributed by atoms with Crippen molar-refractivity contribution in [3.8, 4) is 0 Å². The standard InChI is InChI=1S/C24H20B.C18H31N2Si2.2C5H5.Zr/c1-5-13-21(14-6-1)25(22-15-7-2-8-16-22,23-17-9-3-10-18-23)24-19-11-4-12-20-24;1-13(11-21(5,6)7)17-15(3)20-18(16(4)19-17)14(2)12-22(8,9)10;2*1-2-4-5-3-1;/h1-20H;11H,1-10H3;2*1-5H;/q2*-1;;;+2/b;13-11+;;;. The van der Waals surface area contributed by atoms with E-state index in [-0.39, 0.29) is 26.2 Å². The Bertz CT molecular complexity index is 1730. The predicted octanol–water partition coefficient (Wildman–Crippen LogP) is 10.6. The van der Waals surface area contributed by atoms with E-state index in [4.69, 9.17) is 9.97 Å². The van der Waals surface area contributed by atoms with E-state index in [2.05, 4.69) is 200 Å². The molecular formula is C52H61BN2Si2Zr. The van der Waals surface area contributed by atoms with Crippen LogP contribution in [0.15, 0.2) is 127 Å². The second-order valence-electron chi connectivity index (χ2n) is 16.7. The quantitative estimate of drug-likeness (QED) is 0.115. The largest absolute Gasteiger partial charge is 2.00 e. The van der Waals surface area contributed by atoms with Gasteiger partial charge in [-0.05, 0) is 104 Å². The van der Waals surface area contributed by atoms with Crippen LogP contribution in [-0.2, 0) is 26.2 Å². The Balaban J connectivity index is 0.000000247. The van der Waals surface area contributed by atoms with Crippen LogP contribution in [0.4, 0.5) is 0 Å². The molecule has 6 heteroatoms. The number of hydrogen-bond donors (Lipinski definition) is 0. The Morgan fingerprint density at radius 1 is 0.466 bits per heavy atom. The van der Waals surface area contributed by atoms with Gasteiger partial charge in [-0.3, -0.25) is 10.7 Å². The maximum Gasteiger partial charge on any atom is 2.00 e. The van der Waals surface area contributed by atoms with Crippen LogP contribution in [-0.4, -0.2) is 32.3 Å². The summed E-state index contributed by atoms with van der Waals surface area (Å²) in [4.78, 5) is 9.70. The van der Waals surface area contributed by atoms with Crippen LogP contribution in [0.1, 0.15) is 36.6 Å². The molecule has 294 valence electrons. The van der Waals surface area contributed by atoms with E-state index in [1.807, 2.05) is 64.2 Å². The second kappa shape index (κ2) is 24.2. The van der Waals surface area contributed by atoms with Gasteiger partial charge in [0.15, 0.2) is 0 Å². The molecule has 10 radical (unpaired) electrons. The Morgan fingerprint density at radius 2 is 0.741 bits per heavy atom. The van der Waals surface area contributed by atoms with E-state index in [1.54, 1.807) is 0 Å². The predicted molar refractivity (Wildman–Crippen MR) is 257 cm³/mol. The fraction of sp³-hybridized carbons (Fsp3) is 0.192. The maximum atomic E-state index is 4.85. The molecule has 0 atom stereocenters. The molecule has 0 unspecified atom stereocenters. The number of allylic oxidation sites excluding steroid dienone is 2. The van der Waals surface area contributed by atoms with Crippen LogP contribution < -0.4 is 21.9 Å². The molecule has 0 N–H and O–H groups in total. The first-order valence-electron chi connectivity index (χ1n) is 20.1. The molecule has 0 spiro atoms. The first-order chi connectivity index (χ1) is 27.2. The van der Waals surface area contributed by atoms with Gasteiger partial charge in [0.25, 0.3) is 0 Å². The summed E-state index contributed by atoms with van der Waals surface area (Å²) in [5, 5.41) is 0. The Kier molecular flexibility index (Phi) is 20.5. The van der Waals surface area contributed by atoms with E-state index in [1.165, 1.54) is 27.4 Å². The molecule has 7 rings (SSSR count). The van der Waals surface area contributed by atoms with Gasteiger partial charge in [0.05, 0.1) is 13.8 Å². The van der Waals surface area contributed by atoms with Crippen molar-refractivity contribution in [2.75, 3.05) is 0 Å². The monoisotopic (exact) mass is 870 g/mol. The van der Waals surface area contributed by atoms with Crippen LogP contribution >= 0.6 is 0 Å². The molecule has 0 bridgehead atoms. The number of hydrogen-bond acceptors (Lipinski definition) is 2. The van der Waals surface area contributed by atoms with Gasteiger partial charge in [-0.1, -0.05) is 179 Å². The third-order valence-corrected chi connectivity index (χ3v) is 11.9. The second-order valence-corrected chi connectivity index (χ2v) is 26.5. The molecule has 1 heterocycles. The van der Waals surface area contributed by atoms with Crippen LogP contribution in [0.2, 0.25) is 39.3 Å².